The van der Waals surface area contributed by atoms with Gasteiger partial charge in [-0.05, 0) is 49.2 Å². The summed E-state index contributed by atoms with van der Waals surface area (Å²) in [6, 6.07) is 3.96. The largest absolute Gasteiger partial charge is 0.339 e. The monoisotopic (exact) mass is 376 g/mol. The standard InChI is InChI=1S/C17H24N6O2S/c1-3-21(4-2)17(25)15-8-7-14(26-15)13-6-5-10-23(13)16(24)9-11-22-12-18-19-20-22/h7-8,12-13H,3-6,9-11H2,1-2H3. The fraction of sp³-hybridized carbons (Fsp3) is 0.588. The molecule has 1 atom stereocenters. The molecule has 1 aliphatic heterocycles. The van der Waals surface area contributed by atoms with E-state index < -0.39 is 0 Å². The van der Waals surface area contributed by atoms with Crippen LogP contribution in [0.25, 0.3) is 0 Å². The van der Waals surface area contributed by atoms with Crippen LogP contribution in [0.3, 0.4) is 0 Å². The van der Waals surface area contributed by atoms with Crippen LogP contribution in [-0.2, 0) is 11.3 Å². The molecule has 9 heteroatoms. The van der Waals surface area contributed by atoms with Gasteiger partial charge in [0.25, 0.3) is 5.91 Å². The van der Waals surface area contributed by atoms with E-state index in [1.54, 1.807) is 4.68 Å². The topological polar surface area (TPSA) is 84.2 Å². The summed E-state index contributed by atoms with van der Waals surface area (Å²) in [7, 11) is 0. The van der Waals surface area contributed by atoms with Crippen LogP contribution in [0, 0.1) is 0 Å². The molecule has 2 aromatic rings. The van der Waals surface area contributed by atoms with Crippen LogP contribution >= 0.6 is 11.3 Å². The highest BCUT2D eigenvalue weighted by atomic mass is 32.1. The summed E-state index contributed by atoms with van der Waals surface area (Å²) >= 11 is 1.51. The van der Waals surface area contributed by atoms with Gasteiger partial charge in [-0.25, -0.2) is 4.68 Å². The van der Waals surface area contributed by atoms with E-state index in [2.05, 4.69) is 15.5 Å². The Morgan fingerprint density at radius 3 is 2.81 bits per heavy atom. The maximum Gasteiger partial charge on any atom is 0.263 e. The Morgan fingerprint density at radius 2 is 2.12 bits per heavy atom. The minimum Gasteiger partial charge on any atom is -0.339 e. The van der Waals surface area contributed by atoms with Crippen LogP contribution in [0.1, 0.15) is 53.7 Å². The number of nitrogens with zero attached hydrogens (tertiary/aromatic N) is 6. The highest BCUT2D eigenvalue weighted by Crippen LogP contribution is 2.36. The molecule has 26 heavy (non-hydrogen) atoms. The molecule has 0 spiro atoms. The molecule has 0 N–H and O–H groups in total. The van der Waals surface area contributed by atoms with E-state index in [1.165, 1.54) is 17.7 Å². The maximum absolute atomic E-state index is 12.6. The normalized spacial score (nSPS) is 16.8. The summed E-state index contributed by atoms with van der Waals surface area (Å²) in [6.45, 7) is 6.61. The number of aryl methyl sites for hydroxylation is 1. The first-order valence-electron chi connectivity index (χ1n) is 9.03. The molecule has 1 fully saturated rings. The number of tetrazole rings is 1. The Morgan fingerprint density at radius 1 is 1.31 bits per heavy atom. The second-order valence-electron chi connectivity index (χ2n) is 6.25. The molecule has 2 amide bonds. The molecule has 1 saturated heterocycles. The molecule has 3 rings (SSSR count). The molecule has 1 aliphatic rings. The second-order valence-corrected chi connectivity index (χ2v) is 7.36. The average Bonchev–Trinajstić information content (AvgIpc) is 3.41. The van der Waals surface area contributed by atoms with Crippen molar-refractivity contribution in [1.82, 2.24) is 30.0 Å². The summed E-state index contributed by atoms with van der Waals surface area (Å²) < 4.78 is 1.56. The number of thiophene rings is 1. The van der Waals surface area contributed by atoms with E-state index in [9.17, 15) is 9.59 Å². The lowest BCUT2D eigenvalue weighted by atomic mass is 10.2. The van der Waals surface area contributed by atoms with Crippen molar-refractivity contribution < 1.29 is 9.59 Å². The van der Waals surface area contributed by atoms with E-state index in [0.29, 0.717) is 26.1 Å². The summed E-state index contributed by atoms with van der Waals surface area (Å²) in [5, 5.41) is 11.0. The predicted molar refractivity (Wildman–Crippen MR) is 97.7 cm³/mol. The number of likely N-dealkylation sites (tertiary alicyclic amines) is 1. The molecule has 140 valence electrons. The minimum absolute atomic E-state index is 0.0691. The van der Waals surface area contributed by atoms with Gasteiger partial charge in [0.1, 0.15) is 6.33 Å². The molecule has 0 aliphatic carbocycles. The summed E-state index contributed by atoms with van der Waals surface area (Å²) in [5.41, 5.74) is 0. The fourth-order valence-electron chi connectivity index (χ4n) is 3.31. The molecule has 0 saturated carbocycles. The SMILES string of the molecule is CCN(CC)C(=O)c1ccc(C2CCCN2C(=O)CCn2cnnn2)s1. The molecular weight excluding hydrogens is 352 g/mol. The van der Waals surface area contributed by atoms with Gasteiger partial charge in [-0.1, -0.05) is 0 Å². The first kappa shape index (κ1) is 18.5. The maximum atomic E-state index is 12.6. The Kier molecular flexibility index (Phi) is 5.97. The quantitative estimate of drug-likeness (QED) is 0.738. The summed E-state index contributed by atoms with van der Waals surface area (Å²) in [5.74, 6) is 0.175. The number of rotatable bonds is 7. The highest BCUT2D eigenvalue weighted by Gasteiger charge is 2.31. The molecule has 1 unspecified atom stereocenters. The smallest absolute Gasteiger partial charge is 0.263 e. The van der Waals surface area contributed by atoms with E-state index >= 15 is 0 Å². The van der Waals surface area contributed by atoms with E-state index in [0.717, 1.165) is 29.1 Å². The van der Waals surface area contributed by atoms with Gasteiger partial charge >= 0.3 is 0 Å². The van der Waals surface area contributed by atoms with Gasteiger partial charge in [-0.3, -0.25) is 9.59 Å². The lowest BCUT2D eigenvalue weighted by Gasteiger charge is -2.24. The molecule has 0 radical (unpaired) electrons. The lowest BCUT2D eigenvalue weighted by molar-refractivity contribution is -0.132. The van der Waals surface area contributed by atoms with E-state index in [-0.39, 0.29) is 17.9 Å². The third-order valence-electron chi connectivity index (χ3n) is 4.74. The van der Waals surface area contributed by atoms with Gasteiger partial charge in [0.2, 0.25) is 5.91 Å². The number of aromatic nitrogens is 4. The van der Waals surface area contributed by atoms with Crippen molar-refractivity contribution in [2.45, 2.75) is 45.7 Å². The summed E-state index contributed by atoms with van der Waals surface area (Å²) in [6.07, 6.45) is 3.81. The number of carbonyl (C=O) groups excluding carboxylic acids is 2. The number of hydrogen-bond donors (Lipinski definition) is 0. The Balaban J connectivity index is 1.66. The number of carbonyl (C=O) groups is 2. The molecule has 0 bridgehead atoms. The van der Waals surface area contributed by atoms with Crippen LogP contribution in [0.5, 0.6) is 0 Å². The molecule has 8 nitrogen and oxygen atoms in total. The average molecular weight is 376 g/mol. The van der Waals surface area contributed by atoms with Gasteiger partial charge < -0.3 is 9.80 Å². The Hall–Kier alpha value is -2.29. The number of amides is 2. The Bertz CT molecular complexity index is 740. The second kappa shape index (κ2) is 8.39. The zero-order valence-electron chi connectivity index (χ0n) is 15.2. The van der Waals surface area contributed by atoms with Crippen molar-refractivity contribution in [2.24, 2.45) is 0 Å². The van der Waals surface area contributed by atoms with Gasteiger partial charge in [-0.2, -0.15) is 0 Å². The molecular formula is C17H24N6O2S. The van der Waals surface area contributed by atoms with Crippen molar-refractivity contribution in [1.29, 1.82) is 0 Å². The van der Waals surface area contributed by atoms with Crippen LogP contribution in [0.15, 0.2) is 18.5 Å². The van der Waals surface area contributed by atoms with Gasteiger partial charge in [0, 0.05) is 30.9 Å². The predicted octanol–water partition coefficient (Wildman–Crippen LogP) is 1.97. The zero-order chi connectivity index (χ0) is 18.5. The van der Waals surface area contributed by atoms with Gasteiger partial charge in [0.05, 0.1) is 17.5 Å². The van der Waals surface area contributed by atoms with Gasteiger partial charge in [0.15, 0.2) is 0 Å². The van der Waals surface area contributed by atoms with Crippen molar-refractivity contribution in [3.8, 4) is 0 Å². The van der Waals surface area contributed by atoms with Crippen LogP contribution < -0.4 is 0 Å². The van der Waals surface area contributed by atoms with Crippen LogP contribution in [0.4, 0.5) is 0 Å². The molecule has 0 aromatic carbocycles. The number of hydrogen-bond acceptors (Lipinski definition) is 6. The third kappa shape index (κ3) is 3.92. The van der Waals surface area contributed by atoms with E-state index in [4.69, 9.17) is 0 Å². The first-order chi connectivity index (χ1) is 12.6. The Labute approximate surface area is 156 Å². The fourth-order valence-corrected chi connectivity index (χ4v) is 4.43. The van der Waals surface area contributed by atoms with Crippen LogP contribution in [0.2, 0.25) is 0 Å². The van der Waals surface area contributed by atoms with Crippen molar-refractivity contribution in [2.75, 3.05) is 19.6 Å². The van der Waals surface area contributed by atoms with Crippen LogP contribution in [-0.4, -0.2) is 61.5 Å². The van der Waals surface area contributed by atoms with E-state index in [1.807, 2.05) is 35.8 Å². The zero-order valence-corrected chi connectivity index (χ0v) is 16.0. The first-order valence-corrected chi connectivity index (χ1v) is 9.85. The molecule has 3 heterocycles. The highest BCUT2D eigenvalue weighted by molar-refractivity contribution is 7.14. The lowest BCUT2D eigenvalue weighted by Crippen LogP contribution is -2.31. The van der Waals surface area contributed by atoms with Crippen molar-refractivity contribution >= 4 is 23.2 Å². The van der Waals surface area contributed by atoms with Crippen molar-refractivity contribution in [3.05, 3.63) is 28.2 Å². The minimum atomic E-state index is 0.0691. The third-order valence-corrected chi connectivity index (χ3v) is 5.91. The van der Waals surface area contributed by atoms with Crippen molar-refractivity contribution in [3.63, 3.8) is 0 Å². The summed E-state index contributed by atoms with van der Waals surface area (Å²) in [4.78, 5) is 30.7. The molecule has 2 aromatic heterocycles. The van der Waals surface area contributed by atoms with Gasteiger partial charge in [-0.15, -0.1) is 16.4 Å².